The Bertz CT molecular complexity index is 1960. The summed E-state index contributed by atoms with van der Waals surface area (Å²) in [6, 6.07) is -7.61. The molecule has 2 heteroatoms. The molecule has 6 aromatic carbocycles. The second-order valence-corrected chi connectivity index (χ2v) is 7.46. The lowest BCUT2D eigenvalue weighted by atomic mass is 10.0. The fourth-order valence-electron chi connectivity index (χ4n) is 2.78. The zero-order chi connectivity index (χ0) is 36.2. The van der Waals surface area contributed by atoms with Gasteiger partial charge in [-0.15, -0.1) is 0 Å². The summed E-state index contributed by atoms with van der Waals surface area (Å²) in [7, 11) is 0. The topological polar surface area (TPSA) is 0 Å². The lowest BCUT2D eigenvalue weighted by Gasteiger charge is -2.05. The first-order valence-corrected chi connectivity index (χ1v) is 9.96. The van der Waals surface area contributed by atoms with E-state index < -0.39 is 72.5 Å². The Kier molecular flexibility index (Phi) is 2.13. The van der Waals surface area contributed by atoms with Crippen molar-refractivity contribution < 1.29 is 24.7 Å². The van der Waals surface area contributed by atoms with Crippen molar-refractivity contribution >= 4 is 74.9 Å². The number of fused-ring (bicyclic) bond motifs is 4. The Labute approximate surface area is 217 Å². The Hall–Kier alpha value is -2.68. The van der Waals surface area contributed by atoms with Gasteiger partial charge >= 0.3 is 0 Å². The molecule has 0 heterocycles. The average molecular weight is 532 g/mol. The average Bonchev–Trinajstić information content (AvgIpc) is 3.05. The van der Waals surface area contributed by atoms with Crippen molar-refractivity contribution in [1.29, 1.82) is 0 Å². The molecule has 0 N–H and O–H groups in total. The predicted molar refractivity (Wildman–Crippen MR) is 138 cm³/mol. The normalized spacial score (nSPS) is 19.4. The minimum Gasteiger partial charge on any atom is -0.0616 e. The number of benzene rings is 6. The van der Waals surface area contributed by atoms with Crippen LogP contribution in [0.1, 0.15) is 24.7 Å². The van der Waals surface area contributed by atoms with Crippen LogP contribution in [0.4, 0.5) is 0 Å². The Morgan fingerprint density at radius 3 is 0.900 bits per heavy atom. The lowest BCUT2D eigenvalue weighted by Crippen LogP contribution is -1.78. The molecule has 6 aromatic rings. The molecule has 0 fully saturated rings. The van der Waals surface area contributed by atoms with Crippen molar-refractivity contribution in [2.75, 3.05) is 0 Å². The largest absolute Gasteiger partial charge is 0.0636 e. The van der Waals surface area contributed by atoms with E-state index in [4.69, 9.17) is 24.7 Å². The van der Waals surface area contributed by atoms with Crippen LogP contribution in [-0.4, -0.2) is 0 Å². The molecule has 0 aliphatic heterocycles. The van der Waals surface area contributed by atoms with Gasteiger partial charge in [-0.05, 0) is 87.0 Å². The summed E-state index contributed by atoms with van der Waals surface area (Å²) >= 11 is 6.45. The summed E-state index contributed by atoms with van der Waals surface area (Å²) in [5.74, 6) is 0. The Morgan fingerprint density at radius 2 is 0.633 bits per heavy atom. The smallest absolute Gasteiger partial charge is 0.0616 e. The first-order chi connectivity index (χ1) is 22.2. The highest BCUT2D eigenvalue weighted by Crippen LogP contribution is 2.33. The third-order valence-electron chi connectivity index (χ3n) is 4.13. The highest BCUT2D eigenvalue weighted by atomic mass is 79.9. The standard InChI is InChI=1S/2C14H9Br/c2*15-14-12-7-3-1-5-10(12)9-11-6-2-4-8-13(11)14/h2*1-9H/i2*1D,2D,3D,4D,5D,6D,7D,8D,9D. The first kappa shape index (κ1) is 7.78. The minimum atomic E-state index is -0.493. The molecule has 0 nitrogen and oxygen atoms in total. The van der Waals surface area contributed by atoms with Crippen LogP contribution in [0.25, 0.3) is 43.1 Å². The van der Waals surface area contributed by atoms with Gasteiger partial charge < -0.3 is 0 Å². The molecule has 0 radical (unpaired) electrons. The van der Waals surface area contributed by atoms with Gasteiger partial charge in [0.05, 0.1) is 24.7 Å². The second kappa shape index (κ2) is 8.22. The quantitative estimate of drug-likeness (QED) is 0.171. The van der Waals surface area contributed by atoms with Crippen molar-refractivity contribution in [2.45, 2.75) is 0 Å². The molecule has 0 spiro atoms. The van der Waals surface area contributed by atoms with E-state index in [-0.39, 0.29) is 88.3 Å². The van der Waals surface area contributed by atoms with Crippen LogP contribution >= 0.6 is 31.9 Å². The van der Waals surface area contributed by atoms with Crippen molar-refractivity contribution in [1.82, 2.24) is 0 Å². The van der Waals surface area contributed by atoms with E-state index in [1.54, 1.807) is 0 Å². The van der Waals surface area contributed by atoms with Crippen LogP contribution in [0.2, 0.25) is 0 Å². The fourth-order valence-corrected chi connectivity index (χ4v) is 3.97. The van der Waals surface area contributed by atoms with E-state index in [0.717, 1.165) is 0 Å². The molecule has 0 bridgehead atoms. The minimum absolute atomic E-state index is 0.0310. The maximum atomic E-state index is 8.32. The molecule has 144 valence electrons. The van der Waals surface area contributed by atoms with Crippen LogP contribution < -0.4 is 0 Å². The second-order valence-electron chi connectivity index (χ2n) is 5.88. The van der Waals surface area contributed by atoms with Gasteiger partial charge in [0.15, 0.2) is 0 Å². The lowest BCUT2D eigenvalue weighted by molar-refractivity contribution is 1.74. The Morgan fingerprint density at radius 1 is 0.400 bits per heavy atom. The third-order valence-corrected chi connectivity index (χ3v) is 5.71. The molecule has 0 aliphatic rings. The summed E-state index contributed by atoms with van der Waals surface area (Å²) in [5.41, 5.74) is 0. The summed E-state index contributed by atoms with van der Waals surface area (Å²) in [6.45, 7) is 0. The maximum Gasteiger partial charge on any atom is 0.0636 e. The monoisotopic (exact) mass is 530 g/mol. The number of halogens is 2. The molecular formula is C28H18Br2. The Balaban J connectivity index is 0.000000188. The fraction of sp³-hybridized carbons (Fsp3) is 0. The molecule has 30 heavy (non-hydrogen) atoms. The van der Waals surface area contributed by atoms with Crippen LogP contribution in [0.15, 0.2) is 118 Å². The molecule has 0 aliphatic carbocycles. The van der Waals surface area contributed by atoms with Gasteiger partial charge in [-0.1, -0.05) is 96.7 Å². The van der Waals surface area contributed by atoms with E-state index in [2.05, 4.69) is 31.9 Å². The summed E-state index contributed by atoms with van der Waals surface area (Å²) in [4.78, 5) is 0. The van der Waals surface area contributed by atoms with Crippen LogP contribution in [0.3, 0.4) is 0 Å². The highest BCUT2D eigenvalue weighted by Gasteiger charge is 2.04. The SMILES string of the molecule is [2H]c1c([2H])c([2H])c2c(Br)c3c([2H])c([2H])c([2H])c([2H])c3c([2H])c2c1[2H].[2H]c1c([2H])c([2H])c2c(Br)c3c([2H])c([2H])c([2H])c([2H])c3c([2H])c2c1[2H]. The van der Waals surface area contributed by atoms with Crippen LogP contribution in [0.5, 0.6) is 0 Å². The van der Waals surface area contributed by atoms with Crippen molar-refractivity contribution in [3.8, 4) is 0 Å². The summed E-state index contributed by atoms with van der Waals surface area (Å²) in [6.07, 6.45) is 0. The van der Waals surface area contributed by atoms with E-state index in [1.165, 1.54) is 0 Å². The maximum absolute atomic E-state index is 8.32. The number of hydrogen-bond acceptors (Lipinski definition) is 0. The van der Waals surface area contributed by atoms with Crippen LogP contribution in [0, 0.1) is 0 Å². The third kappa shape index (κ3) is 3.51. The first-order valence-electron chi connectivity index (χ1n) is 17.4. The van der Waals surface area contributed by atoms with Gasteiger partial charge in [-0.25, -0.2) is 0 Å². The zero-order valence-corrected chi connectivity index (χ0v) is 17.9. The molecular weight excluding hydrogens is 496 g/mol. The van der Waals surface area contributed by atoms with Crippen molar-refractivity contribution in [3.63, 3.8) is 0 Å². The summed E-state index contributed by atoms with van der Waals surface area (Å²) in [5, 5.41) is -0.189. The van der Waals surface area contributed by atoms with Gasteiger partial charge in [-0.2, -0.15) is 0 Å². The van der Waals surface area contributed by atoms with Gasteiger partial charge in [0.2, 0.25) is 0 Å². The molecule has 0 unspecified atom stereocenters. The van der Waals surface area contributed by atoms with Gasteiger partial charge in [-0.3, -0.25) is 0 Å². The van der Waals surface area contributed by atoms with Crippen LogP contribution in [-0.2, 0) is 0 Å². The molecule has 0 saturated heterocycles. The van der Waals surface area contributed by atoms with E-state index in [9.17, 15) is 0 Å². The van der Waals surface area contributed by atoms with Crippen molar-refractivity contribution in [3.05, 3.63) is 118 Å². The predicted octanol–water partition coefficient (Wildman–Crippen LogP) is 9.51. The van der Waals surface area contributed by atoms with E-state index in [0.29, 0.717) is 0 Å². The summed E-state index contributed by atoms with van der Waals surface area (Å²) < 4.78 is 144. The molecule has 0 saturated carbocycles. The zero-order valence-electron chi connectivity index (χ0n) is 32.8. The molecule has 6 rings (SSSR count). The molecule has 0 amide bonds. The number of hydrogen-bond donors (Lipinski definition) is 0. The van der Waals surface area contributed by atoms with Gasteiger partial charge in [0.1, 0.15) is 0 Å². The van der Waals surface area contributed by atoms with E-state index >= 15 is 0 Å². The van der Waals surface area contributed by atoms with Gasteiger partial charge in [0, 0.05) is 8.95 Å². The van der Waals surface area contributed by atoms with Gasteiger partial charge in [0.25, 0.3) is 0 Å². The molecule has 0 aromatic heterocycles. The van der Waals surface area contributed by atoms with E-state index in [1.807, 2.05) is 0 Å². The highest BCUT2D eigenvalue weighted by molar-refractivity contribution is 9.11. The number of rotatable bonds is 0. The molecule has 0 atom stereocenters. The van der Waals surface area contributed by atoms with Crippen molar-refractivity contribution in [2.24, 2.45) is 0 Å².